The van der Waals surface area contributed by atoms with Gasteiger partial charge < -0.3 is 10.1 Å². The molecule has 0 unspecified atom stereocenters. The molecule has 0 saturated heterocycles. The minimum absolute atomic E-state index is 0.235. The van der Waals surface area contributed by atoms with Crippen LogP contribution in [0.2, 0.25) is 0 Å². The van der Waals surface area contributed by atoms with Crippen LogP contribution in [0.25, 0.3) is 10.2 Å². The van der Waals surface area contributed by atoms with Gasteiger partial charge in [0.25, 0.3) is 5.91 Å². The topological polar surface area (TPSA) is 68.3 Å². The molecular weight excluding hydrogens is 392 g/mol. The lowest BCUT2D eigenvalue weighted by atomic mass is 10.1. The Labute approximate surface area is 172 Å². The number of amides is 1. The number of thiazole rings is 1. The van der Waals surface area contributed by atoms with Crippen molar-refractivity contribution < 1.29 is 14.3 Å². The number of carbonyl (C=O) groups excluding carboxylic acids is 2. The van der Waals surface area contributed by atoms with Gasteiger partial charge in [-0.05, 0) is 36.6 Å². The second-order valence-electron chi connectivity index (χ2n) is 6.22. The molecule has 0 aliphatic heterocycles. The number of nitrogens with one attached hydrogen (secondary N) is 1. The van der Waals surface area contributed by atoms with Crippen molar-refractivity contribution in [3.05, 3.63) is 53.6 Å². The molecule has 3 rings (SSSR count). The fraction of sp³-hybridized carbons (Fsp3) is 0.286. The van der Waals surface area contributed by atoms with E-state index in [1.165, 1.54) is 11.8 Å². The molecular formula is C21H22N2O3S2. The van der Waals surface area contributed by atoms with Crippen LogP contribution in [0.15, 0.2) is 46.8 Å². The highest BCUT2D eigenvalue weighted by atomic mass is 32.2. The average Bonchev–Trinajstić information content (AvgIpc) is 3.10. The Morgan fingerprint density at radius 1 is 1.18 bits per heavy atom. The number of aryl methyl sites for hydroxylation is 2. The molecule has 0 radical (unpaired) electrons. The Morgan fingerprint density at radius 3 is 2.79 bits per heavy atom. The summed E-state index contributed by atoms with van der Waals surface area (Å²) >= 11 is 3.13. The van der Waals surface area contributed by atoms with Crippen LogP contribution in [0.3, 0.4) is 0 Å². The van der Waals surface area contributed by atoms with E-state index in [-0.39, 0.29) is 24.9 Å². The highest BCUT2D eigenvalue weighted by molar-refractivity contribution is 8.01. The van der Waals surface area contributed by atoms with Gasteiger partial charge in [0.1, 0.15) is 0 Å². The first-order valence-corrected chi connectivity index (χ1v) is 10.9. The van der Waals surface area contributed by atoms with Gasteiger partial charge in [0.2, 0.25) is 0 Å². The molecule has 1 aromatic heterocycles. The number of hydrogen-bond acceptors (Lipinski definition) is 6. The van der Waals surface area contributed by atoms with E-state index >= 15 is 0 Å². The summed E-state index contributed by atoms with van der Waals surface area (Å²) in [5.41, 5.74) is 3.83. The number of ether oxygens (including phenoxy) is 1. The molecule has 0 aliphatic carbocycles. The zero-order valence-electron chi connectivity index (χ0n) is 15.9. The Morgan fingerprint density at radius 2 is 2.00 bits per heavy atom. The van der Waals surface area contributed by atoms with Crippen molar-refractivity contribution in [2.75, 3.05) is 17.7 Å². The number of rotatable bonds is 8. The molecule has 3 aromatic rings. The first-order valence-electron chi connectivity index (χ1n) is 9.09. The fourth-order valence-corrected chi connectivity index (χ4v) is 4.79. The van der Waals surface area contributed by atoms with Crippen LogP contribution in [0, 0.1) is 6.92 Å². The van der Waals surface area contributed by atoms with Crippen LogP contribution < -0.4 is 5.32 Å². The highest BCUT2D eigenvalue weighted by Crippen LogP contribution is 2.29. The normalized spacial score (nSPS) is 10.8. The molecule has 7 heteroatoms. The quantitative estimate of drug-likeness (QED) is 0.422. The third-order valence-corrected chi connectivity index (χ3v) is 6.36. The van der Waals surface area contributed by atoms with Crippen molar-refractivity contribution in [2.24, 2.45) is 0 Å². The van der Waals surface area contributed by atoms with Gasteiger partial charge in [0.05, 0.1) is 16.6 Å². The van der Waals surface area contributed by atoms with Crippen molar-refractivity contribution in [3.8, 4) is 0 Å². The smallest absolute Gasteiger partial charge is 0.307 e. The lowest BCUT2D eigenvalue weighted by Crippen LogP contribution is -2.22. The molecule has 0 bridgehead atoms. The van der Waals surface area contributed by atoms with Crippen LogP contribution in [0.1, 0.15) is 24.5 Å². The zero-order chi connectivity index (χ0) is 19.9. The van der Waals surface area contributed by atoms with Crippen LogP contribution in [-0.4, -0.2) is 29.2 Å². The Bertz CT molecular complexity index is 952. The van der Waals surface area contributed by atoms with Gasteiger partial charge in [-0.15, -0.1) is 11.3 Å². The van der Waals surface area contributed by atoms with E-state index in [4.69, 9.17) is 4.74 Å². The van der Waals surface area contributed by atoms with Crippen molar-refractivity contribution in [2.45, 2.75) is 31.0 Å². The molecule has 0 fully saturated rings. The predicted octanol–water partition coefficient (Wildman–Crippen LogP) is 4.83. The second kappa shape index (κ2) is 9.71. The number of carbonyl (C=O) groups is 2. The molecule has 1 N–H and O–H groups in total. The predicted molar refractivity (Wildman–Crippen MR) is 115 cm³/mol. The summed E-state index contributed by atoms with van der Waals surface area (Å²) in [4.78, 5) is 28.6. The lowest BCUT2D eigenvalue weighted by molar-refractivity contribution is -0.146. The second-order valence-corrected chi connectivity index (χ2v) is 8.59. The van der Waals surface area contributed by atoms with Gasteiger partial charge in [0.15, 0.2) is 10.9 Å². The highest BCUT2D eigenvalue weighted by Gasteiger charge is 2.12. The fourth-order valence-electron chi connectivity index (χ4n) is 2.73. The molecule has 0 atom stereocenters. The number of fused-ring (bicyclic) bond motifs is 1. The van der Waals surface area contributed by atoms with Crippen molar-refractivity contribution in [1.29, 1.82) is 0 Å². The largest absolute Gasteiger partial charge is 0.456 e. The minimum Gasteiger partial charge on any atom is -0.456 e. The van der Waals surface area contributed by atoms with E-state index in [2.05, 4.69) is 10.3 Å². The maximum absolute atomic E-state index is 12.1. The first-order chi connectivity index (χ1) is 13.6. The molecule has 1 amide bonds. The van der Waals surface area contributed by atoms with E-state index in [1.54, 1.807) is 11.3 Å². The van der Waals surface area contributed by atoms with Crippen molar-refractivity contribution in [1.82, 2.24) is 4.98 Å². The van der Waals surface area contributed by atoms with Crippen LogP contribution >= 0.6 is 23.1 Å². The minimum atomic E-state index is -0.385. The van der Waals surface area contributed by atoms with Gasteiger partial charge in [-0.25, -0.2) is 4.98 Å². The van der Waals surface area contributed by atoms with Crippen LogP contribution in [-0.2, 0) is 20.7 Å². The van der Waals surface area contributed by atoms with Crippen molar-refractivity contribution in [3.63, 3.8) is 0 Å². The molecule has 2 aromatic carbocycles. The summed E-state index contributed by atoms with van der Waals surface area (Å²) in [6.07, 6.45) is 1.05. The van der Waals surface area contributed by atoms with Gasteiger partial charge in [-0.1, -0.05) is 49.0 Å². The first kappa shape index (κ1) is 20.4. The molecule has 5 nitrogen and oxygen atoms in total. The molecule has 146 valence electrons. The zero-order valence-corrected chi connectivity index (χ0v) is 17.5. The molecule has 1 heterocycles. The van der Waals surface area contributed by atoms with E-state index in [0.29, 0.717) is 5.75 Å². The van der Waals surface area contributed by atoms with E-state index < -0.39 is 0 Å². The molecule has 0 saturated carbocycles. The SMILES string of the molecule is CCc1cccc(C)c1NC(=O)COC(=O)CCSc1nc2ccccc2s1. The summed E-state index contributed by atoms with van der Waals surface area (Å²) < 4.78 is 7.17. The van der Waals surface area contributed by atoms with Crippen LogP contribution in [0.5, 0.6) is 0 Å². The summed E-state index contributed by atoms with van der Waals surface area (Å²) in [5, 5.41) is 2.85. The number of anilines is 1. The maximum atomic E-state index is 12.1. The van der Waals surface area contributed by atoms with E-state index in [9.17, 15) is 9.59 Å². The van der Waals surface area contributed by atoms with Gasteiger partial charge in [-0.2, -0.15) is 0 Å². The number of aromatic nitrogens is 1. The van der Waals surface area contributed by atoms with E-state index in [1.807, 2.05) is 56.3 Å². The Hall–Kier alpha value is -2.38. The number of esters is 1. The van der Waals surface area contributed by atoms with Crippen molar-refractivity contribution >= 4 is 50.9 Å². The molecule has 28 heavy (non-hydrogen) atoms. The Balaban J connectivity index is 1.42. The lowest BCUT2D eigenvalue weighted by Gasteiger charge is -2.13. The summed E-state index contributed by atoms with van der Waals surface area (Å²) in [5.74, 6) is -0.140. The monoisotopic (exact) mass is 414 g/mol. The summed E-state index contributed by atoms with van der Waals surface area (Å²) in [6.45, 7) is 3.70. The Kier molecular flexibility index (Phi) is 7.06. The maximum Gasteiger partial charge on any atom is 0.307 e. The number of benzene rings is 2. The number of hydrogen-bond donors (Lipinski definition) is 1. The third-order valence-electron chi connectivity index (χ3n) is 4.17. The summed E-state index contributed by atoms with van der Waals surface area (Å²) in [7, 11) is 0. The standard InChI is InChI=1S/C21H22N2O3S2/c1-3-15-8-6-7-14(2)20(15)23-18(24)13-26-19(25)11-12-27-21-22-16-9-4-5-10-17(16)28-21/h4-10H,3,11-13H2,1-2H3,(H,23,24). The number of para-hydroxylation sites is 2. The molecule has 0 spiro atoms. The van der Waals surface area contributed by atoms with Gasteiger partial charge in [0, 0.05) is 11.4 Å². The number of thioether (sulfide) groups is 1. The number of nitrogens with zero attached hydrogens (tertiary/aromatic N) is 1. The van der Waals surface area contributed by atoms with Crippen LogP contribution in [0.4, 0.5) is 5.69 Å². The third kappa shape index (κ3) is 5.33. The van der Waals surface area contributed by atoms with E-state index in [0.717, 1.165) is 37.8 Å². The van der Waals surface area contributed by atoms with Gasteiger partial charge in [-0.3, -0.25) is 9.59 Å². The average molecular weight is 415 g/mol. The molecule has 0 aliphatic rings. The van der Waals surface area contributed by atoms with Gasteiger partial charge >= 0.3 is 5.97 Å². The summed E-state index contributed by atoms with van der Waals surface area (Å²) in [6, 6.07) is 13.8.